The number of unbranched alkanes of at least 4 members (excludes halogenated alkanes) is 4. The molecule has 1 aromatic rings. The molecule has 0 spiro atoms. The van der Waals surface area contributed by atoms with Gasteiger partial charge in [-0.3, -0.25) is 0 Å². The fourth-order valence-electron chi connectivity index (χ4n) is 3.45. The van der Waals surface area contributed by atoms with Crippen molar-refractivity contribution in [3.05, 3.63) is 48.0 Å². The van der Waals surface area contributed by atoms with E-state index < -0.39 is 0 Å². The highest BCUT2D eigenvalue weighted by Crippen LogP contribution is 2.24. The average Bonchev–Trinajstić information content (AvgIpc) is 2.59. The first kappa shape index (κ1) is 17.3. The van der Waals surface area contributed by atoms with Crippen LogP contribution in [0.15, 0.2) is 42.5 Å². The van der Waals surface area contributed by atoms with E-state index in [1.807, 2.05) is 0 Å². The van der Waals surface area contributed by atoms with Gasteiger partial charge in [-0.1, -0.05) is 81.5 Å². The predicted molar refractivity (Wildman–Crippen MR) is 96.9 cm³/mol. The lowest BCUT2D eigenvalue weighted by Gasteiger charge is -2.28. The van der Waals surface area contributed by atoms with Gasteiger partial charge in [0.1, 0.15) is 0 Å². The zero-order chi connectivity index (χ0) is 15.5. The Morgan fingerprint density at radius 3 is 2.64 bits per heavy atom. The summed E-state index contributed by atoms with van der Waals surface area (Å²) in [6, 6.07) is 11.5. The topological polar surface area (TPSA) is 12.0 Å². The highest BCUT2D eigenvalue weighted by Gasteiger charge is 2.19. The third kappa shape index (κ3) is 6.36. The number of allylic oxidation sites excluding steroid dienone is 1. The zero-order valence-electron chi connectivity index (χ0n) is 14.3. The summed E-state index contributed by atoms with van der Waals surface area (Å²) in [7, 11) is 0. The van der Waals surface area contributed by atoms with Crippen LogP contribution in [0.1, 0.15) is 70.3 Å². The molecule has 1 heteroatoms. The Labute approximate surface area is 137 Å². The molecule has 0 aliphatic heterocycles. The van der Waals surface area contributed by atoms with Crippen molar-refractivity contribution in [2.24, 2.45) is 5.92 Å². The van der Waals surface area contributed by atoms with Crippen molar-refractivity contribution < 1.29 is 0 Å². The van der Waals surface area contributed by atoms with Crippen LogP contribution in [0.5, 0.6) is 0 Å². The van der Waals surface area contributed by atoms with Gasteiger partial charge in [0.15, 0.2) is 0 Å². The first-order chi connectivity index (χ1) is 10.9. The van der Waals surface area contributed by atoms with Crippen LogP contribution in [-0.4, -0.2) is 6.04 Å². The number of hydrogen-bond acceptors (Lipinski definition) is 1. The average molecular weight is 300 g/mol. The summed E-state index contributed by atoms with van der Waals surface area (Å²) in [6.45, 7) is 3.29. The molecular formula is C21H33N. The number of nitrogens with one attached hydrogen (secondary N) is 1. The summed E-state index contributed by atoms with van der Waals surface area (Å²) in [5.74, 6) is 0.739. The molecule has 1 aromatic carbocycles. The van der Waals surface area contributed by atoms with Crippen LogP contribution in [-0.2, 0) is 6.54 Å². The van der Waals surface area contributed by atoms with Gasteiger partial charge in [-0.2, -0.15) is 0 Å². The molecular weight excluding hydrogens is 266 g/mol. The SMILES string of the molecule is CCCCCCC[C@H](NCc1ccccc1)[C@H]1C=CCCC1. The van der Waals surface area contributed by atoms with Gasteiger partial charge in [0.05, 0.1) is 0 Å². The van der Waals surface area contributed by atoms with Gasteiger partial charge in [0, 0.05) is 12.6 Å². The first-order valence-electron chi connectivity index (χ1n) is 9.34. The Hall–Kier alpha value is -1.08. The molecule has 0 aromatic heterocycles. The third-order valence-corrected chi connectivity index (χ3v) is 4.84. The van der Waals surface area contributed by atoms with E-state index in [1.165, 1.54) is 63.4 Å². The van der Waals surface area contributed by atoms with Crippen molar-refractivity contribution in [1.29, 1.82) is 0 Å². The van der Waals surface area contributed by atoms with Crippen molar-refractivity contribution in [3.63, 3.8) is 0 Å². The molecule has 1 N–H and O–H groups in total. The van der Waals surface area contributed by atoms with Gasteiger partial charge in [-0.25, -0.2) is 0 Å². The smallest absolute Gasteiger partial charge is 0.0208 e. The first-order valence-corrected chi connectivity index (χ1v) is 9.34. The van der Waals surface area contributed by atoms with Crippen molar-refractivity contribution in [1.82, 2.24) is 5.32 Å². The summed E-state index contributed by atoms with van der Waals surface area (Å²) in [5.41, 5.74) is 1.40. The molecule has 122 valence electrons. The van der Waals surface area contributed by atoms with Crippen molar-refractivity contribution in [2.75, 3.05) is 0 Å². The summed E-state index contributed by atoms with van der Waals surface area (Å²) in [4.78, 5) is 0. The minimum atomic E-state index is 0.651. The van der Waals surface area contributed by atoms with E-state index in [0.717, 1.165) is 12.5 Å². The molecule has 0 amide bonds. The molecule has 2 atom stereocenters. The van der Waals surface area contributed by atoms with Crippen LogP contribution in [0, 0.1) is 5.92 Å². The van der Waals surface area contributed by atoms with Gasteiger partial charge < -0.3 is 5.32 Å². The maximum Gasteiger partial charge on any atom is 0.0208 e. The van der Waals surface area contributed by atoms with Crippen LogP contribution in [0.3, 0.4) is 0 Å². The molecule has 0 bridgehead atoms. The minimum Gasteiger partial charge on any atom is -0.309 e. The lowest BCUT2D eigenvalue weighted by atomic mass is 9.86. The Balaban J connectivity index is 1.81. The summed E-state index contributed by atoms with van der Waals surface area (Å²) >= 11 is 0. The second kappa shape index (κ2) is 10.6. The van der Waals surface area contributed by atoms with Crippen LogP contribution >= 0.6 is 0 Å². The van der Waals surface area contributed by atoms with Crippen LogP contribution < -0.4 is 5.32 Å². The zero-order valence-corrected chi connectivity index (χ0v) is 14.3. The van der Waals surface area contributed by atoms with E-state index in [0.29, 0.717) is 6.04 Å². The van der Waals surface area contributed by atoms with E-state index in [2.05, 4.69) is 54.7 Å². The lowest BCUT2D eigenvalue weighted by Crippen LogP contribution is -2.35. The van der Waals surface area contributed by atoms with E-state index in [9.17, 15) is 0 Å². The molecule has 1 aliphatic rings. The molecule has 0 fully saturated rings. The van der Waals surface area contributed by atoms with Gasteiger partial charge in [-0.15, -0.1) is 0 Å². The molecule has 2 rings (SSSR count). The molecule has 1 aliphatic carbocycles. The Kier molecular flexibility index (Phi) is 8.33. The highest BCUT2D eigenvalue weighted by atomic mass is 14.9. The molecule has 0 saturated heterocycles. The molecule has 0 heterocycles. The quantitative estimate of drug-likeness (QED) is 0.421. The largest absolute Gasteiger partial charge is 0.309 e. The van der Waals surface area contributed by atoms with Crippen molar-refractivity contribution in [2.45, 2.75) is 77.3 Å². The molecule has 22 heavy (non-hydrogen) atoms. The number of rotatable bonds is 10. The second-order valence-corrected chi connectivity index (χ2v) is 6.70. The molecule has 0 radical (unpaired) electrons. The van der Waals surface area contributed by atoms with Gasteiger partial charge in [-0.05, 0) is 37.2 Å². The van der Waals surface area contributed by atoms with E-state index >= 15 is 0 Å². The van der Waals surface area contributed by atoms with Gasteiger partial charge in [0.25, 0.3) is 0 Å². The minimum absolute atomic E-state index is 0.651. The Morgan fingerprint density at radius 1 is 1.09 bits per heavy atom. The normalized spacial score (nSPS) is 19.2. The van der Waals surface area contributed by atoms with Crippen molar-refractivity contribution in [3.8, 4) is 0 Å². The fraction of sp³-hybridized carbons (Fsp3) is 0.619. The fourth-order valence-corrected chi connectivity index (χ4v) is 3.45. The maximum absolute atomic E-state index is 3.85. The number of benzene rings is 1. The van der Waals surface area contributed by atoms with Crippen molar-refractivity contribution >= 4 is 0 Å². The molecule has 0 unspecified atom stereocenters. The molecule has 1 nitrogen and oxygen atoms in total. The predicted octanol–water partition coefficient (Wildman–Crippen LogP) is 5.86. The third-order valence-electron chi connectivity index (χ3n) is 4.84. The monoisotopic (exact) mass is 299 g/mol. The Bertz CT molecular complexity index is 409. The van der Waals surface area contributed by atoms with Crippen LogP contribution in [0.4, 0.5) is 0 Å². The van der Waals surface area contributed by atoms with E-state index in [4.69, 9.17) is 0 Å². The summed E-state index contributed by atoms with van der Waals surface area (Å²) in [5, 5.41) is 3.85. The van der Waals surface area contributed by atoms with E-state index in [-0.39, 0.29) is 0 Å². The van der Waals surface area contributed by atoms with Gasteiger partial charge >= 0.3 is 0 Å². The Morgan fingerprint density at radius 2 is 1.91 bits per heavy atom. The maximum atomic E-state index is 3.85. The number of hydrogen-bond donors (Lipinski definition) is 1. The van der Waals surface area contributed by atoms with E-state index in [1.54, 1.807) is 0 Å². The molecule has 0 saturated carbocycles. The second-order valence-electron chi connectivity index (χ2n) is 6.70. The highest BCUT2D eigenvalue weighted by molar-refractivity contribution is 5.14. The van der Waals surface area contributed by atoms with Crippen LogP contribution in [0.2, 0.25) is 0 Å². The van der Waals surface area contributed by atoms with Gasteiger partial charge in [0.2, 0.25) is 0 Å². The summed E-state index contributed by atoms with van der Waals surface area (Å²) in [6.07, 6.45) is 17.1. The summed E-state index contributed by atoms with van der Waals surface area (Å²) < 4.78 is 0. The van der Waals surface area contributed by atoms with Crippen LogP contribution in [0.25, 0.3) is 0 Å². The lowest BCUT2D eigenvalue weighted by molar-refractivity contribution is 0.343. The standard InChI is InChI=1S/C21H33N/c1-2-3-4-5-12-17-21(20-15-10-7-11-16-20)22-18-19-13-8-6-9-14-19/h6,8-10,13-15,20-22H,2-5,7,11-12,16-18H2,1H3/t20-,21-/m0/s1.